The second kappa shape index (κ2) is 6.87. The number of rotatable bonds is 3. The quantitative estimate of drug-likeness (QED) is 0.832. The summed E-state index contributed by atoms with van der Waals surface area (Å²) in [6.07, 6.45) is 0.145. The first-order chi connectivity index (χ1) is 12.1. The molecule has 1 aromatic heterocycles. The highest BCUT2D eigenvalue weighted by Crippen LogP contribution is 2.33. The Morgan fingerprint density at radius 2 is 2.12 bits per heavy atom. The number of aryl methyl sites for hydroxylation is 1. The number of carbonyl (C=O) groups excluding carboxylic acids is 1. The summed E-state index contributed by atoms with van der Waals surface area (Å²) in [5.74, 6) is 0.00380. The minimum atomic E-state index is -0.361. The van der Waals surface area contributed by atoms with Crippen LogP contribution in [0.5, 0.6) is 0 Å². The standard InChI is InChI=1S/C19H22FN3O2S/c1-11-5-6-12(7-14(11)20)21-16(24)8-13-10-26-18-22-15(19(2,3)4)9-17(25)23(13)18/h5-7,9,13H,8,10H2,1-4H3,(H,21,24). The third-order valence-electron chi connectivity index (χ3n) is 4.33. The van der Waals surface area contributed by atoms with Crippen LogP contribution in [0.3, 0.4) is 0 Å². The SMILES string of the molecule is Cc1ccc(NC(=O)CC2CSc3nc(C(C)(C)C)cc(=O)n32)cc1F. The van der Waals surface area contributed by atoms with E-state index in [1.54, 1.807) is 29.7 Å². The maximum atomic E-state index is 13.6. The Balaban J connectivity index is 1.76. The van der Waals surface area contributed by atoms with Crippen molar-refractivity contribution in [3.63, 3.8) is 0 Å². The van der Waals surface area contributed by atoms with Crippen LogP contribution in [-0.4, -0.2) is 21.2 Å². The first kappa shape index (κ1) is 18.6. The lowest BCUT2D eigenvalue weighted by Gasteiger charge is -2.19. The van der Waals surface area contributed by atoms with E-state index in [0.717, 1.165) is 5.69 Å². The zero-order chi connectivity index (χ0) is 19.1. The molecule has 3 rings (SSSR count). The van der Waals surface area contributed by atoms with Gasteiger partial charge >= 0.3 is 0 Å². The number of hydrogen-bond donors (Lipinski definition) is 1. The number of fused-ring (bicyclic) bond motifs is 1. The zero-order valence-electron chi connectivity index (χ0n) is 15.3. The molecule has 0 spiro atoms. The van der Waals surface area contributed by atoms with E-state index in [2.05, 4.69) is 10.3 Å². The number of thioether (sulfide) groups is 1. The minimum absolute atomic E-state index is 0.135. The van der Waals surface area contributed by atoms with Gasteiger partial charge in [0.2, 0.25) is 5.91 Å². The Morgan fingerprint density at radius 3 is 2.77 bits per heavy atom. The Kier molecular flexibility index (Phi) is 4.92. The third kappa shape index (κ3) is 3.82. The van der Waals surface area contributed by atoms with E-state index in [9.17, 15) is 14.0 Å². The lowest BCUT2D eigenvalue weighted by Crippen LogP contribution is -2.29. The van der Waals surface area contributed by atoms with Crippen LogP contribution in [0.2, 0.25) is 0 Å². The molecule has 0 fully saturated rings. The molecule has 1 amide bonds. The summed E-state index contributed by atoms with van der Waals surface area (Å²) >= 11 is 1.48. The summed E-state index contributed by atoms with van der Waals surface area (Å²) < 4.78 is 15.2. The van der Waals surface area contributed by atoms with Crippen LogP contribution in [0.1, 0.15) is 44.5 Å². The highest BCUT2D eigenvalue weighted by atomic mass is 32.2. The van der Waals surface area contributed by atoms with Crippen LogP contribution in [0.25, 0.3) is 0 Å². The molecule has 1 aliphatic heterocycles. The summed E-state index contributed by atoms with van der Waals surface area (Å²) in [6.45, 7) is 7.70. The Hall–Kier alpha value is -2.15. The fourth-order valence-corrected chi connectivity index (χ4v) is 3.93. The molecule has 1 aromatic carbocycles. The van der Waals surface area contributed by atoms with Crippen molar-refractivity contribution in [1.29, 1.82) is 0 Å². The van der Waals surface area contributed by atoms with Gasteiger partial charge < -0.3 is 5.32 Å². The molecule has 7 heteroatoms. The molecule has 5 nitrogen and oxygen atoms in total. The van der Waals surface area contributed by atoms with E-state index in [1.165, 1.54) is 17.8 Å². The van der Waals surface area contributed by atoms with Crippen molar-refractivity contribution in [2.75, 3.05) is 11.1 Å². The summed E-state index contributed by atoms with van der Waals surface area (Å²) in [5, 5.41) is 3.35. The van der Waals surface area contributed by atoms with Crippen LogP contribution in [-0.2, 0) is 10.2 Å². The van der Waals surface area contributed by atoms with Gasteiger partial charge in [-0.3, -0.25) is 14.2 Å². The molecule has 0 saturated heterocycles. The van der Waals surface area contributed by atoms with Crippen molar-refractivity contribution in [2.45, 2.75) is 50.7 Å². The molecule has 138 valence electrons. The smallest absolute Gasteiger partial charge is 0.254 e. The van der Waals surface area contributed by atoms with Crippen molar-refractivity contribution in [3.05, 3.63) is 51.7 Å². The van der Waals surface area contributed by atoms with Crippen molar-refractivity contribution in [2.24, 2.45) is 0 Å². The second-order valence-corrected chi connectivity index (χ2v) is 8.55. The zero-order valence-corrected chi connectivity index (χ0v) is 16.1. The third-order valence-corrected chi connectivity index (χ3v) is 5.43. The van der Waals surface area contributed by atoms with E-state index in [-0.39, 0.29) is 35.2 Å². The van der Waals surface area contributed by atoms with Gasteiger partial charge in [0.15, 0.2) is 5.16 Å². The van der Waals surface area contributed by atoms with Gasteiger partial charge in [-0.25, -0.2) is 9.37 Å². The molecule has 0 saturated carbocycles. The number of benzene rings is 1. The lowest BCUT2D eigenvalue weighted by molar-refractivity contribution is -0.116. The molecule has 1 unspecified atom stereocenters. The second-order valence-electron chi connectivity index (χ2n) is 7.56. The lowest BCUT2D eigenvalue weighted by atomic mass is 9.92. The average molecular weight is 375 g/mol. The number of amides is 1. The van der Waals surface area contributed by atoms with E-state index in [4.69, 9.17) is 0 Å². The fraction of sp³-hybridized carbons (Fsp3) is 0.421. The number of hydrogen-bond acceptors (Lipinski definition) is 4. The van der Waals surface area contributed by atoms with Crippen LogP contribution in [0.4, 0.5) is 10.1 Å². The topological polar surface area (TPSA) is 64.0 Å². The van der Waals surface area contributed by atoms with Crippen molar-refractivity contribution in [1.82, 2.24) is 9.55 Å². The number of carbonyl (C=O) groups is 1. The van der Waals surface area contributed by atoms with E-state index in [1.807, 2.05) is 20.8 Å². The highest BCUT2D eigenvalue weighted by molar-refractivity contribution is 7.99. The maximum absolute atomic E-state index is 13.6. The summed E-state index contributed by atoms with van der Waals surface area (Å²) in [7, 11) is 0. The van der Waals surface area contributed by atoms with Crippen molar-refractivity contribution >= 4 is 23.4 Å². The molecule has 0 bridgehead atoms. The van der Waals surface area contributed by atoms with Gasteiger partial charge in [0.05, 0.1) is 11.7 Å². The predicted molar refractivity (Wildman–Crippen MR) is 101 cm³/mol. The number of aromatic nitrogens is 2. The molecule has 2 heterocycles. The first-order valence-corrected chi connectivity index (χ1v) is 9.46. The minimum Gasteiger partial charge on any atom is -0.326 e. The van der Waals surface area contributed by atoms with Crippen LogP contribution in [0, 0.1) is 12.7 Å². The normalized spacial score (nSPS) is 16.4. The summed E-state index contributed by atoms with van der Waals surface area (Å²) in [4.78, 5) is 29.5. The molecule has 1 N–H and O–H groups in total. The molecular weight excluding hydrogens is 353 g/mol. The van der Waals surface area contributed by atoms with E-state index in [0.29, 0.717) is 22.2 Å². The van der Waals surface area contributed by atoms with Crippen molar-refractivity contribution < 1.29 is 9.18 Å². The van der Waals surface area contributed by atoms with Crippen molar-refractivity contribution in [3.8, 4) is 0 Å². The largest absolute Gasteiger partial charge is 0.326 e. The van der Waals surface area contributed by atoms with Gasteiger partial charge in [-0.2, -0.15) is 0 Å². The Labute approximate surface area is 156 Å². The average Bonchev–Trinajstić information content (AvgIpc) is 2.93. The van der Waals surface area contributed by atoms with Gasteiger partial charge in [-0.05, 0) is 24.6 Å². The molecule has 26 heavy (non-hydrogen) atoms. The molecule has 2 aromatic rings. The van der Waals surface area contributed by atoms with Gasteiger partial charge in [0, 0.05) is 29.3 Å². The fourth-order valence-electron chi connectivity index (χ4n) is 2.78. The molecule has 1 aliphatic rings. The number of anilines is 1. The molecule has 0 radical (unpaired) electrons. The van der Waals surface area contributed by atoms with Crippen LogP contribution < -0.4 is 10.9 Å². The highest BCUT2D eigenvalue weighted by Gasteiger charge is 2.29. The van der Waals surface area contributed by atoms with E-state index >= 15 is 0 Å². The Morgan fingerprint density at radius 1 is 1.38 bits per heavy atom. The monoisotopic (exact) mass is 375 g/mol. The van der Waals surface area contributed by atoms with Gasteiger partial charge in [-0.15, -0.1) is 0 Å². The molecular formula is C19H22FN3O2S. The summed E-state index contributed by atoms with van der Waals surface area (Å²) in [5.41, 5.74) is 1.35. The predicted octanol–water partition coefficient (Wildman–Crippen LogP) is 3.66. The first-order valence-electron chi connectivity index (χ1n) is 8.48. The van der Waals surface area contributed by atoms with Crippen LogP contribution >= 0.6 is 11.8 Å². The number of nitrogens with one attached hydrogen (secondary N) is 1. The molecule has 1 atom stereocenters. The molecule has 0 aliphatic carbocycles. The van der Waals surface area contributed by atoms with Gasteiger partial charge in [-0.1, -0.05) is 38.6 Å². The maximum Gasteiger partial charge on any atom is 0.254 e. The van der Waals surface area contributed by atoms with Gasteiger partial charge in [0.25, 0.3) is 5.56 Å². The number of halogens is 1. The number of nitrogens with zero attached hydrogens (tertiary/aromatic N) is 2. The summed E-state index contributed by atoms with van der Waals surface area (Å²) in [6, 6.07) is 5.88. The van der Waals surface area contributed by atoms with E-state index < -0.39 is 0 Å². The van der Waals surface area contributed by atoms with Gasteiger partial charge in [0.1, 0.15) is 5.82 Å². The van der Waals surface area contributed by atoms with Crippen LogP contribution in [0.15, 0.2) is 34.2 Å². The Bertz CT molecular complexity index is 918.